The van der Waals surface area contributed by atoms with E-state index in [9.17, 15) is 9.90 Å². The second-order valence-electron chi connectivity index (χ2n) is 3.85. The highest BCUT2D eigenvalue weighted by Crippen LogP contribution is 2.50. The Hall–Kier alpha value is -1.75. The van der Waals surface area contributed by atoms with Gasteiger partial charge in [-0.25, -0.2) is 0 Å². The normalized spacial score (nSPS) is 28.7. The molecule has 5 N–H and O–H groups in total. The van der Waals surface area contributed by atoms with Gasteiger partial charge in [0.25, 0.3) is 0 Å². The highest BCUT2D eigenvalue weighted by molar-refractivity contribution is 5.85. The van der Waals surface area contributed by atoms with Gasteiger partial charge in [0.2, 0.25) is 0 Å². The van der Waals surface area contributed by atoms with E-state index in [1.54, 1.807) is 6.07 Å². The fourth-order valence-corrected chi connectivity index (χ4v) is 1.69. The van der Waals surface area contributed by atoms with Gasteiger partial charge in [0, 0.05) is 5.92 Å². The smallest absolute Gasteiger partial charge is 0.324 e. The van der Waals surface area contributed by atoms with Gasteiger partial charge in [0.05, 0.1) is 0 Å². The molecule has 1 saturated carbocycles. The Morgan fingerprint density at radius 1 is 1.40 bits per heavy atom. The molecule has 0 aromatic heterocycles. The van der Waals surface area contributed by atoms with Crippen LogP contribution in [0.3, 0.4) is 0 Å². The molecule has 0 unspecified atom stereocenters. The summed E-state index contributed by atoms with van der Waals surface area (Å²) < 4.78 is 0. The van der Waals surface area contributed by atoms with Gasteiger partial charge in [-0.1, -0.05) is 6.07 Å². The minimum Gasteiger partial charge on any atom is -0.504 e. The molecule has 1 aliphatic rings. The average molecular weight is 209 g/mol. The van der Waals surface area contributed by atoms with Crippen molar-refractivity contribution in [1.82, 2.24) is 0 Å². The van der Waals surface area contributed by atoms with Gasteiger partial charge in [-0.15, -0.1) is 0 Å². The summed E-state index contributed by atoms with van der Waals surface area (Å²) >= 11 is 0. The lowest BCUT2D eigenvalue weighted by Crippen LogP contribution is -2.34. The Kier molecular flexibility index (Phi) is 1.87. The summed E-state index contributed by atoms with van der Waals surface area (Å²) in [5.41, 5.74) is 5.03. The van der Waals surface area contributed by atoms with Crippen LogP contribution in [0.2, 0.25) is 0 Å². The maximum Gasteiger partial charge on any atom is 0.324 e. The van der Waals surface area contributed by atoms with Crippen molar-refractivity contribution in [3.63, 3.8) is 0 Å². The molecule has 1 aromatic carbocycles. The lowest BCUT2D eigenvalue weighted by Gasteiger charge is -2.06. The zero-order valence-corrected chi connectivity index (χ0v) is 7.84. The topological polar surface area (TPSA) is 104 Å². The maximum absolute atomic E-state index is 10.8. The molecule has 2 atom stereocenters. The molecule has 80 valence electrons. The fourth-order valence-electron chi connectivity index (χ4n) is 1.69. The molecule has 0 aliphatic heterocycles. The SMILES string of the molecule is N[C@@]1(C(=O)O)C[C@@H]1c1ccc(O)c(O)c1. The van der Waals surface area contributed by atoms with E-state index >= 15 is 0 Å². The van der Waals surface area contributed by atoms with Crippen LogP contribution in [0.15, 0.2) is 18.2 Å². The molecule has 0 heterocycles. The van der Waals surface area contributed by atoms with E-state index in [0.29, 0.717) is 12.0 Å². The van der Waals surface area contributed by atoms with Gasteiger partial charge < -0.3 is 21.1 Å². The van der Waals surface area contributed by atoms with Gasteiger partial charge >= 0.3 is 5.97 Å². The van der Waals surface area contributed by atoms with E-state index in [1.807, 2.05) is 0 Å². The third-order valence-electron chi connectivity index (χ3n) is 2.80. The average Bonchev–Trinajstić information content (AvgIpc) is 2.85. The largest absolute Gasteiger partial charge is 0.504 e. The van der Waals surface area contributed by atoms with E-state index in [0.717, 1.165) is 0 Å². The number of hydrogen-bond donors (Lipinski definition) is 4. The molecule has 0 saturated heterocycles. The molecule has 1 aromatic rings. The van der Waals surface area contributed by atoms with E-state index in [-0.39, 0.29) is 17.4 Å². The number of carboxylic acids is 1. The number of phenolic OH excluding ortho intramolecular Hbond substituents is 2. The lowest BCUT2D eigenvalue weighted by atomic mass is 10.1. The van der Waals surface area contributed by atoms with Crippen molar-refractivity contribution < 1.29 is 20.1 Å². The summed E-state index contributed by atoms with van der Waals surface area (Å²) in [5.74, 6) is -1.81. The summed E-state index contributed by atoms with van der Waals surface area (Å²) in [6.07, 6.45) is 0.354. The first-order valence-corrected chi connectivity index (χ1v) is 4.49. The van der Waals surface area contributed by atoms with Crippen LogP contribution < -0.4 is 5.73 Å². The van der Waals surface area contributed by atoms with Gasteiger partial charge in [-0.2, -0.15) is 0 Å². The van der Waals surface area contributed by atoms with Crippen molar-refractivity contribution in [3.05, 3.63) is 23.8 Å². The van der Waals surface area contributed by atoms with Crippen molar-refractivity contribution in [2.24, 2.45) is 5.73 Å². The highest BCUT2D eigenvalue weighted by Gasteiger charge is 2.58. The van der Waals surface area contributed by atoms with E-state index in [2.05, 4.69) is 0 Å². The first kappa shape index (κ1) is 9.79. The summed E-state index contributed by atoms with van der Waals surface area (Å²) in [7, 11) is 0. The summed E-state index contributed by atoms with van der Waals surface area (Å²) in [6, 6.07) is 4.24. The molecule has 0 spiro atoms. The van der Waals surface area contributed by atoms with Crippen LogP contribution in [0, 0.1) is 0 Å². The summed E-state index contributed by atoms with van der Waals surface area (Å²) in [6.45, 7) is 0. The van der Waals surface area contributed by atoms with Crippen LogP contribution in [0.25, 0.3) is 0 Å². The van der Waals surface area contributed by atoms with E-state index in [4.69, 9.17) is 15.9 Å². The molecular formula is C10H11NO4. The molecule has 0 amide bonds. The molecule has 1 fully saturated rings. The Labute approximate surface area is 85.8 Å². The van der Waals surface area contributed by atoms with Crippen LogP contribution in [0.4, 0.5) is 0 Å². The third kappa shape index (κ3) is 1.41. The van der Waals surface area contributed by atoms with Gasteiger partial charge in [-0.05, 0) is 24.1 Å². The predicted molar refractivity (Wildman–Crippen MR) is 51.7 cm³/mol. The van der Waals surface area contributed by atoms with E-state index in [1.165, 1.54) is 12.1 Å². The minimum atomic E-state index is -1.22. The van der Waals surface area contributed by atoms with Crippen LogP contribution in [0.1, 0.15) is 17.9 Å². The number of hydrogen-bond acceptors (Lipinski definition) is 4. The Bertz CT molecular complexity index is 431. The summed E-state index contributed by atoms with van der Waals surface area (Å²) in [5, 5.41) is 27.2. The first-order chi connectivity index (χ1) is 6.95. The second kappa shape index (κ2) is 2.87. The number of aliphatic carboxylic acids is 1. The number of benzene rings is 1. The molecule has 5 nitrogen and oxygen atoms in total. The number of phenols is 2. The zero-order chi connectivity index (χ0) is 11.2. The minimum absolute atomic E-state index is 0.225. The predicted octanol–water partition coefficient (Wildman–Crippen LogP) is 0.367. The number of carbonyl (C=O) groups is 1. The van der Waals surface area contributed by atoms with Crippen LogP contribution in [-0.2, 0) is 4.79 Å². The number of rotatable bonds is 2. The standard InChI is InChI=1S/C10H11NO4/c11-10(9(14)15)4-6(10)5-1-2-7(12)8(13)3-5/h1-3,6,12-13H,4,11H2,(H,14,15)/t6-,10+/m1/s1. The fraction of sp³-hybridized carbons (Fsp3) is 0.300. The molecule has 0 bridgehead atoms. The lowest BCUT2D eigenvalue weighted by molar-refractivity contribution is -0.139. The van der Waals surface area contributed by atoms with Crippen molar-refractivity contribution in [2.45, 2.75) is 17.9 Å². The highest BCUT2D eigenvalue weighted by atomic mass is 16.4. The van der Waals surface area contributed by atoms with Crippen molar-refractivity contribution in [1.29, 1.82) is 0 Å². The summed E-state index contributed by atoms with van der Waals surface area (Å²) in [4.78, 5) is 10.8. The Morgan fingerprint density at radius 3 is 2.53 bits per heavy atom. The van der Waals surface area contributed by atoms with Gasteiger partial charge in [-0.3, -0.25) is 4.79 Å². The van der Waals surface area contributed by atoms with Crippen LogP contribution in [0.5, 0.6) is 11.5 Å². The maximum atomic E-state index is 10.8. The van der Waals surface area contributed by atoms with Gasteiger partial charge in [0.15, 0.2) is 11.5 Å². The van der Waals surface area contributed by atoms with E-state index < -0.39 is 11.5 Å². The molecular weight excluding hydrogens is 198 g/mol. The van der Waals surface area contributed by atoms with Crippen molar-refractivity contribution in [3.8, 4) is 11.5 Å². The molecule has 0 radical (unpaired) electrons. The quantitative estimate of drug-likeness (QED) is 0.527. The van der Waals surface area contributed by atoms with Crippen molar-refractivity contribution in [2.75, 3.05) is 0 Å². The molecule has 15 heavy (non-hydrogen) atoms. The zero-order valence-electron chi connectivity index (χ0n) is 7.84. The van der Waals surface area contributed by atoms with Crippen LogP contribution in [-0.4, -0.2) is 26.8 Å². The Morgan fingerprint density at radius 2 is 2.07 bits per heavy atom. The third-order valence-corrected chi connectivity index (χ3v) is 2.80. The molecule has 2 rings (SSSR count). The van der Waals surface area contributed by atoms with Crippen molar-refractivity contribution >= 4 is 5.97 Å². The molecule has 5 heteroatoms. The molecule has 1 aliphatic carbocycles. The number of carboxylic acid groups (broad SMARTS) is 1. The number of nitrogens with two attached hydrogens (primary N) is 1. The van der Waals surface area contributed by atoms with Crippen LogP contribution >= 0.6 is 0 Å². The van der Waals surface area contributed by atoms with Gasteiger partial charge in [0.1, 0.15) is 5.54 Å². The Balaban J connectivity index is 2.27. The first-order valence-electron chi connectivity index (χ1n) is 4.49. The second-order valence-corrected chi connectivity index (χ2v) is 3.85. The number of aromatic hydroxyl groups is 2. The monoisotopic (exact) mass is 209 g/mol.